The molecule has 1 unspecified atom stereocenters. The smallest absolute Gasteiger partial charge is 0.313 e. The summed E-state index contributed by atoms with van der Waals surface area (Å²) in [6.07, 6.45) is -0.130. The Bertz CT molecular complexity index is 531. The molecule has 1 saturated heterocycles. The molecular weight excluding hydrogens is 227 g/mol. The fourth-order valence-electron chi connectivity index (χ4n) is 2.26. The molecule has 2 N–H and O–H groups in total. The number of rotatable bonds is 0. The number of fused-ring (bicyclic) bond motifs is 2. The lowest BCUT2D eigenvalue weighted by Crippen LogP contribution is -2.48. The first-order valence-electron chi connectivity index (χ1n) is 5.16. The number of hydrogen-bond donors (Lipinski definition) is 2. The predicted molar refractivity (Wildman–Crippen MR) is 54.5 cm³/mol. The highest BCUT2D eigenvalue weighted by molar-refractivity contribution is 5.96. The molecule has 2 heterocycles. The molecule has 0 bridgehead atoms. The van der Waals surface area contributed by atoms with E-state index in [0.717, 1.165) is 0 Å². The van der Waals surface area contributed by atoms with Gasteiger partial charge < -0.3 is 10.1 Å². The molecule has 0 radical (unpaired) electrons. The molecule has 3 rings (SSSR count). The Morgan fingerprint density at radius 3 is 2.88 bits per heavy atom. The number of benzene rings is 1. The zero-order chi connectivity index (χ0) is 12.0. The monoisotopic (exact) mass is 236 g/mol. The standard InChI is InChI=1S/C11H9FN2O3/c12-6-1-2-8-7(3-6)11(4-9(15)17-8)10(16)13-5-14-11/h1-3,14H,4-5H2,(H,13,16). The van der Waals surface area contributed by atoms with E-state index < -0.39 is 17.3 Å². The maximum absolute atomic E-state index is 13.3. The third-order valence-corrected chi connectivity index (χ3v) is 3.06. The van der Waals surface area contributed by atoms with Crippen LogP contribution in [-0.2, 0) is 15.1 Å². The van der Waals surface area contributed by atoms with Crippen molar-refractivity contribution in [1.29, 1.82) is 0 Å². The molecule has 2 aliphatic rings. The molecule has 1 aromatic carbocycles. The third-order valence-electron chi connectivity index (χ3n) is 3.06. The summed E-state index contributed by atoms with van der Waals surface area (Å²) >= 11 is 0. The van der Waals surface area contributed by atoms with Crippen LogP contribution in [0.1, 0.15) is 12.0 Å². The number of ether oxygens (including phenoxy) is 1. The molecule has 0 aromatic heterocycles. The Morgan fingerprint density at radius 1 is 1.35 bits per heavy atom. The summed E-state index contributed by atoms with van der Waals surface area (Å²) in [5.74, 6) is -1.08. The van der Waals surface area contributed by atoms with Gasteiger partial charge in [0.1, 0.15) is 17.1 Å². The average Bonchev–Trinajstić information content (AvgIpc) is 2.62. The fourth-order valence-corrected chi connectivity index (χ4v) is 2.26. The molecule has 2 aliphatic heterocycles. The largest absolute Gasteiger partial charge is 0.426 e. The van der Waals surface area contributed by atoms with Crippen molar-refractivity contribution in [3.05, 3.63) is 29.6 Å². The van der Waals surface area contributed by atoms with Gasteiger partial charge in [-0.2, -0.15) is 0 Å². The minimum atomic E-state index is -1.19. The molecule has 88 valence electrons. The van der Waals surface area contributed by atoms with Gasteiger partial charge in [0.05, 0.1) is 13.1 Å². The zero-order valence-electron chi connectivity index (χ0n) is 8.75. The second-order valence-electron chi connectivity index (χ2n) is 4.06. The van der Waals surface area contributed by atoms with E-state index in [1.165, 1.54) is 18.2 Å². The second-order valence-corrected chi connectivity index (χ2v) is 4.06. The van der Waals surface area contributed by atoms with Crippen LogP contribution in [0.2, 0.25) is 0 Å². The van der Waals surface area contributed by atoms with Crippen LogP contribution in [0.3, 0.4) is 0 Å². The summed E-state index contributed by atoms with van der Waals surface area (Å²) < 4.78 is 18.3. The fraction of sp³-hybridized carbons (Fsp3) is 0.273. The summed E-state index contributed by atoms with van der Waals surface area (Å²) in [7, 11) is 0. The van der Waals surface area contributed by atoms with Gasteiger partial charge in [-0.1, -0.05) is 0 Å². The maximum Gasteiger partial charge on any atom is 0.313 e. The lowest BCUT2D eigenvalue weighted by molar-refractivity contribution is -0.141. The minimum Gasteiger partial charge on any atom is -0.426 e. The van der Waals surface area contributed by atoms with Crippen molar-refractivity contribution < 1.29 is 18.7 Å². The number of carbonyl (C=O) groups excluding carboxylic acids is 2. The summed E-state index contributed by atoms with van der Waals surface area (Å²) in [6, 6.07) is 3.77. The van der Waals surface area contributed by atoms with Gasteiger partial charge in [-0.15, -0.1) is 0 Å². The molecule has 17 heavy (non-hydrogen) atoms. The summed E-state index contributed by atoms with van der Waals surface area (Å²) in [4.78, 5) is 23.3. The van der Waals surface area contributed by atoms with E-state index in [1.54, 1.807) is 0 Å². The normalized spacial score (nSPS) is 26.6. The lowest BCUT2D eigenvalue weighted by Gasteiger charge is -2.31. The van der Waals surface area contributed by atoms with Gasteiger partial charge in [-0.25, -0.2) is 4.39 Å². The van der Waals surface area contributed by atoms with Crippen molar-refractivity contribution in [2.45, 2.75) is 12.0 Å². The third kappa shape index (κ3) is 1.34. The Morgan fingerprint density at radius 2 is 2.18 bits per heavy atom. The van der Waals surface area contributed by atoms with Crippen LogP contribution in [0.25, 0.3) is 0 Å². The number of esters is 1. The molecule has 1 atom stereocenters. The summed E-state index contributed by atoms with van der Waals surface area (Å²) in [6.45, 7) is 0.252. The van der Waals surface area contributed by atoms with Gasteiger partial charge in [0.25, 0.3) is 0 Å². The van der Waals surface area contributed by atoms with E-state index in [-0.39, 0.29) is 24.7 Å². The van der Waals surface area contributed by atoms with E-state index in [2.05, 4.69) is 10.6 Å². The van der Waals surface area contributed by atoms with Crippen LogP contribution in [-0.4, -0.2) is 18.5 Å². The van der Waals surface area contributed by atoms with Gasteiger partial charge in [0.2, 0.25) is 5.91 Å². The van der Waals surface area contributed by atoms with Crippen molar-refractivity contribution in [2.24, 2.45) is 0 Å². The highest BCUT2D eigenvalue weighted by Crippen LogP contribution is 2.39. The van der Waals surface area contributed by atoms with Crippen molar-refractivity contribution >= 4 is 11.9 Å². The summed E-state index contributed by atoms with van der Waals surface area (Å²) in [5.41, 5.74) is -0.820. The molecule has 0 aliphatic carbocycles. The van der Waals surface area contributed by atoms with Crippen LogP contribution >= 0.6 is 0 Å². The van der Waals surface area contributed by atoms with Gasteiger partial charge in [0, 0.05) is 5.56 Å². The Hall–Kier alpha value is -1.95. The van der Waals surface area contributed by atoms with Crippen molar-refractivity contribution in [3.8, 4) is 5.75 Å². The van der Waals surface area contributed by atoms with E-state index in [4.69, 9.17) is 4.74 Å². The number of halogens is 1. The first kappa shape index (κ1) is 10.2. The molecule has 1 fully saturated rings. The van der Waals surface area contributed by atoms with Gasteiger partial charge in [0.15, 0.2) is 0 Å². The SMILES string of the molecule is O=C1CC2(NCNC2=O)c2cc(F)ccc2O1. The zero-order valence-corrected chi connectivity index (χ0v) is 8.75. The van der Waals surface area contributed by atoms with Crippen LogP contribution in [0.5, 0.6) is 5.75 Å². The topological polar surface area (TPSA) is 67.4 Å². The van der Waals surface area contributed by atoms with Crippen LogP contribution in [0, 0.1) is 5.82 Å². The number of amides is 1. The highest BCUT2D eigenvalue weighted by Gasteiger charge is 2.50. The van der Waals surface area contributed by atoms with Crippen LogP contribution < -0.4 is 15.4 Å². The van der Waals surface area contributed by atoms with E-state index in [0.29, 0.717) is 5.56 Å². The van der Waals surface area contributed by atoms with Gasteiger partial charge in [-0.3, -0.25) is 14.9 Å². The van der Waals surface area contributed by atoms with E-state index in [1.807, 2.05) is 0 Å². The predicted octanol–water partition coefficient (Wildman–Crippen LogP) is 0.00700. The quantitative estimate of drug-likeness (QED) is 0.492. The molecule has 1 spiro atoms. The Balaban J connectivity index is 2.22. The van der Waals surface area contributed by atoms with Crippen molar-refractivity contribution in [2.75, 3.05) is 6.67 Å². The van der Waals surface area contributed by atoms with E-state index in [9.17, 15) is 14.0 Å². The minimum absolute atomic E-state index is 0.130. The number of nitrogens with one attached hydrogen (secondary N) is 2. The second kappa shape index (κ2) is 3.27. The molecule has 5 nitrogen and oxygen atoms in total. The first-order valence-corrected chi connectivity index (χ1v) is 5.16. The van der Waals surface area contributed by atoms with Gasteiger partial charge in [-0.05, 0) is 18.2 Å². The van der Waals surface area contributed by atoms with Crippen LogP contribution in [0.15, 0.2) is 18.2 Å². The van der Waals surface area contributed by atoms with E-state index >= 15 is 0 Å². The molecular formula is C11H9FN2O3. The number of hydrogen-bond acceptors (Lipinski definition) is 4. The molecule has 6 heteroatoms. The number of carbonyl (C=O) groups is 2. The first-order chi connectivity index (χ1) is 8.12. The van der Waals surface area contributed by atoms with Gasteiger partial charge >= 0.3 is 5.97 Å². The molecule has 1 aromatic rings. The van der Waals surface area contributed by atoms with Crippen molar-refractivity contribution in [3.63, 3.8) is 0 Å². The maximum atomic E-state index is 13.3. The Labute approximate surface area is 95.9 Å². The lowest BCUT2D eigenvalue weighted by atomic mass is 9.84. The molecule has 1 amide bonds. The van der Waals surface area contributed by atoms with Crippen molar-refractivity contribution in [1.82, 2.24) is 10.6 Å². The highest BCUT2D eigenvalue weighted by atomic mass is 19.1. The summed E-state index contributed by atoms with van der Waals surface area (Å²) in [5, 5.41) is 5.49. The van der Waals surface area contributed by atoms with Crippen LogP contribution in [0.4, 0.5) is 4.39 Å². The average molecular weight is 236 g/mol. The Kier molecular flexibility index (Phi) is 1.97. The molecule has 0 saturated carbocycles.